The molecule has 0 aliphatic carbocycles. The third-order valence-corrected chi connectivity index (χ3v) is 5.92. The number of nitrogens with zero attached hydrogens (tertiary/aromatic N) is 2. The average Bonchev–Trinajstić information content (AvgIpc) is 2.56. The van der Waals surface area contributed by atoms with Crippen LogP contribution in [0.5, 0.6) is 0 Å². The van der Waals surface area contributed by atoms with Gasteiger partial charge in [-0.2, -0.15) is 4.31 Å². The largest absolute Gasteiger partial charge is 0.465 e. The average molecular weight is 401 g/mol. The number of ether oxygens (including phenoxy) is 1. The second kappa shape index (κ2) is 8.20. The summed E-state index contributed by atoms with van der Waals surface area (Å²) in [6.45, 7) is 1.60. The van der Waals surface area contributed by atoms with E-state index in [0.717, 1.165) is 4.31 Å². The van der Waals surface area contributed by atoms with Crippen LogP contribution in [0.15, 0.2) is 40.9 Å². The molecule has 1 saturated heterocycles. The van der Waals surface area contributed by atoms with Crippen LogP contribution < -0.4 is 0 Å². The number of ketones is 1. The topological polar surface area (TPSA) is 84.0 Å². The van der Waals surface area contributed by atoms with Crippen LogP contribution in [0, 0.1) is 0 Å². The summed E-state index contributed by atoms with van der Waals surface area (Å²) in [4.78, 5) is 26.5. The van der Waals surface area contributed by atoms with Crippen LogP contribution in [0.3, 0.4) is 0 Å². The lowest BCUT2D eigenvalue weighted by Gasteiger charge is -2.34. The summed E-state index contributed by atoms with van der Waals surface area (Å²) >= 11 is 5.83. The van der Waals surface area contributed by atoms with E-state index in [1.807, 2.05) is 0 Å². The van der Waals surface area contributed by atoms with Crippen molar-refractivity contribution in [3.05, 3.63) is 41.1 Å². The van der Waals surface area contributed by atoms with E-state index in [9.17, 15) is 18.0 Å². The number of Topliss-reactive ketones (excluding diaryl/α,β-unsaturated/α-hetero) is 1. The van der Waals surface area contributed by atoms with Gasteiger partial charge in [-0.1, -0.05) is 11.6 Å². The van der Waals surface area contributed by atoms with Gasteiger partial charge in [-0.05, 0) is 31.2 Å². The van der Waals surface area contributed by atoms with Gasteiger partial charge < -0.3 is 9.64 Å². The van der Waals surface area contributed by atoms with Crippen molar-refractivity contribution in [2.75, 3.05) is 27.2 Å². The summed E-state index contributed by atoms with van der Waals surface area (Å²) in [5.74, 6) is -1.05. The Hall–Kier alpha value is -1.90. The molecule has 0 radical (unpaired) electrons. The predicted octanol–water partition coefficient (Wildman–Crippen LogP) is 1.68. The molecule has 9 heteroatoms. The van der Waals surface area contributed by atoms with Gasteiger partial charge in [-0.15, -0.1) is 0 Å². The molecule has 1 unspecified atom stereocenters. The number of rotatable bonds is 5. The van der Waals surface area contributed by atoms with Crippen molar-refractivity contribution >= 4 is 33.4 Å². The Morgan fingerprint density at radius 2 is 1.96 bits per heavy atom. The zero-order valence-electron chi connectivity index (χ0n) is 14.8. The van der Waals surface area contributed by atoms with Crippen LogP contribution in [-0.4, -0.2) is 62.7 Å². The Kier molecular flexibility index (Phi) is 6.44. The van der Waals surface area contributed by atoms with E-state index in [4.69, 9.17) is 16.3 Å². The summed E-state index contributed by atoms with van der Waals surface area (Å²) in [5.41, 5.74) is 0.0947. The first kappa shape index (κ1) is 20.4. The van der Waals surface area contributed by atoms with E-state index in [1.54, 1.807) is 25.9 Å². The van der Waals surface area contributed by atoms with E-state index in [2.05, 4.69) is 0 Å². The van der Waals surface area contributed by atoms with Gasteiger partial charge in [0, 0.05) is 43.9 Å². The Labute approximate surface area is 158 Å². The molecule has 2 rings (SSSR count). The normalized spacial score (nSPS) is 20.2. The predicted molar refractivity (Wildman–Crippen MR) is 97.2 cm³/mol. The second-order valence-corrected chi connectivity index (χ2v) is 8.27. The zero-order chi connectivity index (χ0) is 19.5. The SMILES string of the molecule is CCOC(=O)C1/C(=C/N(C)C)C(=O)CCN1S(=O)(=O)c1ccc(Cl)cc1. The summed E-state index contributed by atoms with van der Waals surface area (Å²) < 4.78 is 32.2. The van der Waals surface area contributed by atoms with Gasteiger partial charge in [-0.25, -0.2) is 13.2 Å². The highest BCUT2D eigenvalue weighted by molar-refractivity contribution is 7.89. The smallest absolute Gasteiger partial charge is 0.329 e. The molecule has 0 saturated carbocycles. The number of esters is 1. The Balaban J connectivity index is 2.54. The third-order valence-electron chi connectivity index (χ3n) is 3.79. The molecular weight excluding hydrogens is 380 g/mol. The van der Waals surface area contributed by atoms with Gasteiger partial charge in [0.25, 0.3) is 0 Å². The maximum atomic E-state index is 13.1. The summed E-state index contributed by atoms with van der Waals surface area (Å²) in [7, 11) is -0.642. The van der Waals surface area contributed by atoms with Crippen molar-refractivity contribution in [2.24, 2.45) is 0 Å². The fraction of sp³-hybridized carbons (Fsp3) is 0.412. The van der Waals surface area contributed by atoms with Gasteiger partial charge in [0.05, 0.1) is 11.5 Å². The van der Waals surface area contributed by atoms with Gasteiger partial charge in [0.1, 0.15) is 0 Å². The monoisotopic (exact) mass is 400 g/mol. The zero-order valence-corrected chi connectivity index (χ0v) is 16.4. The van der Waals surface area contributed by atoms with Crippen LogP contribution in [0.2, 0.25) is 5.02 Å². The van der Waals surface area contributed by atoms with Crippen LogP contribution in [-0.2, 0) is 24.3 Å². The highest BCUT2D eigenvalue weighted by atomic mass is 35.5. The number of carbonyl (C=O) groups is 2. The lowest BCUT2D eigenvalue weighted by molar-refractivity contribution is -0.148. The van der Waals surface area contributed by atoms with Gasteiger partial charge in [-0.3, -0.25) is 4.79 Å². The molecule has 0 N–H and O–H groups in total. The first-order chi connectivity index (χ1) is 12.2. The van der Waals surface area contributed by atoms with Crippen LogP contribution in [0.4, 0.5) is 0 Å². The first-order valence-electron chi connectivity index (χ1n) is 8.04. The fourth-order valence-electron chi connectivity index (χ4n) is 2.68. The highest BCUT2D eigenvalue weighted by Gasteiger charge is 2.44. The molecule has 1 fully saturated rings. The lowest BCUT2D eigenvalue weighted by atomic mass is 9.97. The van der Waals surface area contributed by atoms with Crippen LogP contribution in [0.1, 0.15) is 13.3 Å². The maximum Gasteiger partial charge on any atom is 0.329 e. The Bertz CT molecular complexity index is 818. The molecule has 0 aromatic heterocycles. The summed E-state index contributed by atoms with van der Waals surface area (Å²) in [6, 6.07) is 4.33. The van der Waals surface area contributed by atoms with Crippen LogP contribution >= 0.6 is 11.6 Å². The van der Waals surface area contributed by atoms with E-state index >= 15 is 0 Å². The van der Waals surface area contributed by atoms with E-state index in [0.29, 0.717) is 5.02 Å². The van der Waals surface area contributed by atoms with Crippen molar-refractivity contribution in [3.8, 4) is 0 Å². The number of sulfonamides is 1. The Morgan fingerprint density at radius 1 is 1.35 bits per heavy atom. The standard InChI is InChI=1S/C17H21ClN2O5S/c1-4-25-17(22)16-14(11-19(2)3)15(21)9-10-20(16)26(23,24)13-7-5-12(18)6-8-13/h5-8,11,16H,4,9-10H2,1-3H3/b14-11+. The molecule has 0 amide bonds. The molecule has 1 heterocycles. The first-order valence-corrected chi connectivity index (χ1v) is 9.85. The molecule has 142 valence electrons. The van der Waals surface area contributed by atoms with Crippen molar-refractivity contribution in [1.29, 1.82) is 0 Å². The van der Waals surface area contributed by atoms with Gasteiger partial charge in [0.15, 0.2) is 11.8 Å². The second-order valence-electron chi connectivity index (χ2n) is 5.95. The number of benzene rings is 1. The molecule has 0 bridgehead atoms. The molecule has 1 aromatic carbocycles. The minimum atomic E-state index is -4.02. The lowest BCUT2D eigenvalue weighted by Crippen LogP contribution is -2.52. The van der Waals surface area contributed by atoms with Crippen molar-refractivity contribution < 1.29 is 22.7 Å². The molecule has 1 aliphatic rings. The van der Waals surface area contributed by atoms with Gasteiger partial charge >= 0.3 is 5.97 Å². The van der Waals surface area contributed by atoms with Gasteiger partial charge in [0.2, 0.25) is 10.0 Å². The Morgan fingerprint density at radius 3 is 2.50 bits per heavy atom. The van der Waals surface area contributed by atoms with E-state index in [1.165, 1.54) is 30.5 Å². The van der Waals surface area contributed by atoms with Crippen LogP contribution in [0.25, 0.3) is 0 Å². The van der Waals surface area contributed by atoms with Crippen molar-refractivity contribution in [1.82, 2.24) is 9.21 Å². The molecule has 1 atom stereocenters. The molecular formula is C17H21ClN2O5S. The number of carbonyl (C=O) groups excluding carboxylic acids is 2. The molecule has 1 aliphatic heterocycles. The molecule has 0 spiro atoms. The van der Waals surface area contributed by atoms with Crippen molar-refractivity contribution in [3.63, 3.8) is 0 Å². The van der Waals surface area contributed by atoms with E-state index < -0.39 is 22.0 Å². The quantitative estimate of drug-likeness (QED) is 0.552. The molecule has 1 aromatic rings. The minimum absolute atomic E-state index is 0.00486. The minimum Gasteiger partial charge on any atom is -0.465 e. The number of piperidine rings is 1. The summed E-state index contributed by atoms with van der Waals surface area (Å²) in [5, 5.41) is 0.396. The maximum absolute atomic E-state index is 13.1. The number of hydrogen-bond acceptors (Lipinski definition) is 6. The molecule has 7 nitrogen and oxygen atoms in total. The fourth-order valence-corrected chi connectivity index (χ4v) is 4.37. The summed E-state index contributed by atoms with van der Waals surface area (Å²) in [6.07, 6.45) is 1.45. The number of hydrogen-bond donors (Lipinski definition) is 0. The highest BCUT2D eigenvalue weighted by Crippen LogP contribution is 2.29. The van der Waals surface area contributed by atoms with Crippen molar-refractivity contribution in [2.45, 2.75) is 24.3 Å². The molecule has 26 heavy (non-hydrogen) atoms. The van der Waals surface area contributed by atoms with E-state index in [-0.39, 0.29) is 35.8 Å². The number of halogens is 1. The third kappa shape index (κ3) is 4.25.